The van der Waals surface area contributed by atoms with Crippen LogP contribution in [0.4, 0.5) is 0 Å². The number of allylic oxidation sites excluding steroid dienone is 1. The van der Waals surface area contributed by atoms with Gasteiger partial charge in [-0.25, -0.2) is 0 Å². The first-order valence-corrected chi connectivity index (χ1v) is 15.4. The molecule has 0 unspecified atom stereocenters. The Balaban J connectivity index is 1.50. The van der Waals surface area contributed by atoms with Crippen molar-refractivity contribution in [3.63, 3.8) is 0 Å². The van der Waals surface area contributed by atoms with E-state index in [0.717, 1.165) is 31.8 Å². The lowest BCUT2D eigenvalue weighted by molar-refractivity contribution is 0.315. The second-order valence-electron chi connectivity index (χ2n) is 9.59. The van der Waals surface area contributed by atoms with E-state index < -0.39 is 7.26 Å². The zero-order chi connectivity index (χ0) is 27.7. The largest absolute Gasteiger partial charge is 0.504 e. The van der Waals surface area contributed by atoms with Crippen molar-refractivity contribution in [3.05, 3.63) is 108 Å². The Labute approximate surface area is 232 Å². The van der Waals surface area contributed by atoms with E-state index in [1.165, 1.54) is 30.1 Å². The van der Waals surface area contributed by atoms with Crippen LogP contribution in [-0.2, 0) is 0 Å². The first kappa shape index (κ1) is 28.3. The maximum absolute atomic E-state index is 10.7. The molecule has 4 rings (SSSR count). The van der Waals surface area contributed by atoms with Gasteiger partial charge in [-0.1, -0.05) is 66.7 Å². The van der Waals surface area contributed by atoms with Crippen LogP contribution in [0.2, 0.25) is 0 Å². The smallest absolute Gasteiger partial charge is 0.207 e. The van der Waals surface area contributed by atoms with Crippen LogP contribution >= 0.6 is 7.26 Å². The molecule has 0 fully saturated rings. The van der Waals surface area contributed by atoms with Crippen LogP contribution in [0.1, 0.15) is 36.8 Å². The van der Waals surface area contributed by atoms with Crippen LogP contribution < -0.4 is 25.4 Å². The molecule has 0 heterocycles. The van der Waals surface area contributed by atoms with Gasteiger partial charge in [0.05, 0.1) is 20.4 Å². The number of hydrogen-bond acceptors (Lipinski definition) is 4. The number of aromatic hydroxyl groups is 2. The minimum absolute atomic E-state index is 0.0187. The topological polar surface area (TPSA) is 58.9 Å². The number of phenols is 2. The maximum atomic E-state index is 10.7. The highest BCUT2D eigenvalue weighted by Gasteiger charge is 2.44. The van der Waals surface area contributed by atoms with Crippen molar-refractivity contribution in [3.8, 4) is 23.0 Å². The van der Waals surface area contributed by atoms with Gasteiger partial charge in [0.1, 0.15) is 23.2 Å². The van der Waals surface area contributed by atoms with Crippen LogP contribution in [0, 0.1) is 6.92 Å². The normalized spacial score (nSPS) is 11.6. The van der Waals surface area contributed by atoms with E-state index in [9.17, 15) is 10.2 Å². The molecule has 0 saturated carbocycles. The van der Waals surface area contributed by atoms with E-state index in [2.05, 4.69) is 97.1 Å². The van der Waals surface area contributed by atoms with Crippen LogP contribution in [0.15, 0.2) is 97.1 Å². The molecule has 0 spiro atoms. The number of rotatable bonds is 12. The number of ether oxygens (including phenoxy) is 2. The summed E-state index contributed by atoms with van der Waals surface area (Å²) in [6, 6.07) is 33.0. The number of unbranched alkanes of at least 4 members (excludes halogenated alkanes) is 3. The lowest BCUT2D eigenvalue weighted by Crippen LogP contribution is -2.33. The Morgan fingerprint density at radius 2 is 1.10 bits per heavy atom. The molecule has 5 heteroatoms. The van der Waals surface area contributed by atoms with Crippen molar-refractivity contribution in [2.75, 3.05) is 20.4 Å². The Morgan fingerprint density at radius 1 is 0.641 bits per heavy atom. The van der Waals surface area contributed by atoms with Gasteiger partial charge in [-0.05, 0) is 69.0 Å². The quantitative estimate of drug-likeness (QED) is 0.115. The summed E-state index contributed by atoms with van der Waals surface area (Å²) >= 11 is 0. The second kappa shape index (κ2) is 13.4. The van der Waals surface area contributed by atoms with E-state index in [1.807, 2.05) is 6.08 Å². The van der Waals surface area contributed by atoms with Crippen molar-refractivity contribution < 1.29 is 19.7 Å². The molecule has 202 valence electrons. The first-order chi connectivity index (χ1) is 19.0. The minimum atomic E-state index is -1.80. The van der Waals surface area contributed by atoms with Gasteiger partial charge in [0.2, 0.25) is 11.5 Å². The third-order valence-corrected chi connectivity index (χ3v) is 11.8. The maximum Gasteiger partial charge on any atom is 0.207 e. The zero-order valence-corrected chi connectivity index (χ0v) is 23.9. The van der Waals surface area contributed by atoms with Crippen molar-refractivity contribution in [1.82, 2.24) is 0 Å². The summed E-state index contributed by atoms with van der Waals surface area (Å²) in [7, 11) is 1.09. The molecule has 4 aromatic rings. The van der Waals surface area contributed by atoms with Crippen LogP contribution in [0.25, 0.3) is 6.08 Å². The highest BCUT2D eigenvalue weighted by atomic mass is 31.2. The molecule has 0 bridgehead atoms. The fraction of sp³-hybridized carbons (Fsp3) is 0.235. The van der Waals surface area contributed by atoms with Gasteiger partial charge in [-0.3, -0.25) is 0 Å². The van der Waals surface area contributed by atoms with Gasteiger partial charge in [0.15, 0.2) is 11.5 Å². The number of benzene rings is 4. The molecule has 0 amide bonds. The lowest BCUT2D eigenvalue weighted by atomic mass is 10.0. The van der Waals surface area contributed by atoms with Crippen molar-refractivity contribution in [1.29, 1.82) is 0 Å². The van der Waals surface area contributed by atoms with Gasteiger partial charge in [-0.15, -0.1) is 0 Å². The summed E-state index contributed by atoms with van der Waals surface area (Å²) < 4.78 is 10.5. The predicted octanol–water partition coefficient (Wildman–Crippen LogP) is 6.99. The Bertz CT molecular complexity index is 1270. The number of methoxy groups -OCH3 is 2. The molecule has 2 N–H and O–H groups in total. The summed E-state index contributed by atoms with van der Waals surface area (Å²) in [5, 5.41) is 25.5. The van der Waals surface area contributed by atoms with Crippen LogP contribution in [0.3, 0.4) is 0 Å². The zero-order valence-electron chi connectivity index (χ0n) is 23.0. The van der Waals surface area contributed by atoms with Gasteiger partial charge in [-0.2, -0.15) is 0 Å². The van der Waals surface area contributed by atoms with E-state index in [1.54, 1.807) is 6.92 Å². The lowest BCUT2D eigenvalue weighted by Gasteiger charge is -2.27. The molecular weight excluding hydrogens is 503 g/mol. The van der Waals surface area contributed by atoms with Crippen LogP contribution in [-0.4, -0.2) is 30.6 Å². The van der Waals surface area contributed by atoms with Gasteiger partial charge in [0, 0.05) is 11.1 Å². The molecule has 39 heavy (non-hydrogen) atoms. The highest BCUT2D eigenvalue weighted by molar-refractivity contribution is 7.95. The molecule has 4 nitrogen and oxygen atoms in total. The summed E-state index contributed by atoms with van der Waals surface area (Å²) in [6.07, 6.45) is 9.15. The fourth-order valence-electron chi connectivity index (χ4n) is 5.27. The van der Waals surface area contributed by atoms with Gasteiger partial charge < -0.3 is 19.7 Å². The molecule has 0 aliphatic carbocycles. The number of hydrogen-bond donors (Lipinski definition) is 2. The van der Waals surface area contributed by atoms with Gasteiger partial charge in [0.25, 0.3) is 0 Å². The van der Waals surface area contributed by atoms with Crippen molar-refractivity contribution in [2.45, 2.75) is 32.6 Å². The minimum Gasteiger partial charge on any atom is -0.504 e. The average molecular weight is 542 g/mol. The Kier molecular flexibility index (Phi) is 9.68. The molecule has 0 atom stereocenters. The first-order valence-electron chi connectivity index (χ1n) is 13.4. The average Bonchev–Trinajstić information content (AvgIpc) is 2.99. The van der Waals surface area contributed by atoms with E-state index in [4.69, 9.17) is 9.47 Å². The van der Waals surface area contributed by atoms with E-state index in [-0.39, 0.29) is 23.0 Å². The summed E-state index contributed by atoms with van der Waals surface area (Å²) in [5.41, 5.74) is 1.11. The van der Waals surface area contributed by atoms with E-state index >= 15 is 0 Å². The van der Waals surface area contributed by atoms with Crippen molar-refractivity contribution >= 4 is 29.3 Å². The van der Waals surface area contributed by atoms with E-state index in [0.29, 0.717) is 11.1 Å². The molecule has 4 aromatic carbocycles. The third-order valence-electron chi connectivity index (χ3n) is 7.30. The predicted molar refractivity (Wildman–Crippen MR) is 165 cm³/mol. The molecule has 0 aliphatic rings. The molecule has 0 saturated heterocycles. The molecule has 0 radical (unpaired) electrons. The standard InChI is InChI=1S/C34H37O4P/c1-26-30(32(36)34(38-3)33(37-2)31(26)35)24-16-5-4-6-17-25-39(27-18-10-7-11-19-27,28-20-12-8-13-21-28)29-22-14-9-15-23-29/h7-16,18-24H,4-6,17,25H2,1-3H3,(H-,35,36)/p+1/b24-16+. The third kappa shape index (κ3) is 5.97. The highest BCUT2D eigenvalue weighted by Crippen LogP contribution is 2.56. The molecular formula is C34H38O4P+. The second-order valence-corrected chi connectivity index (χ2v) is 13.2. The summed E-state index contributed by atoms with van der Waals surface area (Å²) in [4.78, 5) is 0. The number of phenolic OH excluding ortho intramolecular Hbond substituents is 2. The molecule has 0 aromatic heterocycles. The summed E-state index contributed by atoms with van der Waals surface area (Å²) in [6.45, 7) is 1.76. The van der Waals surface area contributed by atoms with Gasteiger partial charge >= 0.3 is 0 Å². The fourth-order valence-corrected chi connectivity index (χ4v) is 9.68. The molecule has 0 aliphatic heterocycles. The van der Waals surface area contributed by atoms with Crippen LogP contribution in [0.5, 0.6) is 23.0 Å². The SMILES string of the molecule is COc1c(O)c(C)c(/C=C/CCCCC[P+](c2ccccc2)(c2ccccc2)c2ccccc2)c(O)c1OC. The Hall–Kier alpha value is -3.75. The van der Waals surface area contributed by atoms with Crippen molar-refractivity contribution in [2.24, 2.45) is 0 Å². The monoisotopic (exact) mass is 541 g/mol. The summed E-state index contributed by atoms with van der Waals surface area (Å²) in [5.74, 6) is 0.244. The Morgan fingerprint density at radius 3 is 1.56 bits per heavy atom.